The van der Waals surface area contributed by atoms with Gasteiger partial charge in [-0.15, -0.1) is 11.8 Å². The van der Waals surface area contributed by atoms with Crippen LogP contribution in [0.4, 0.5) is 0 Å². The van der Waals surface area contributed by atoms with Crippen LogP contribution in [-0.2, 0) is 11.2 Å². The van der Waals surface area contributed by atoms with Gasteiger partial charge in [-0.25, -0.2) is 25.6 Å². The first kappa shape index (κ1) is 24.2. The molecule has 0 saturated carbocycles. The van der Waals surface area contributed by atoms with E-state index in [1.807, 2.05) is 0 Å². The number of thioether (sulfide) groups is 1. The predicted octanol–water partition coefficient (Wildman–Crippen LogP) is 1.02. The molecule has 5 N–H and O–H groups in total. The van der Waals surface area contributed by atoms with Crippen LogP contribution >= 0.6 is 11.8 Å². The molecule has 2 aromatic rings. The molecule has 15 heteroatoms. The van der Waals surface area contributed by atoms with Crippen LogP contribution in [0.5, 0.6) is 5.75 Å². The number of benzene rings is 1. The number of carboxylic acid groups (broad SMARTS) is 2. The van der Waals surface area contributed by atoms with Gasteiger partial charge in [0.15, 0.2) is 5.50 Å². The Morgan fingerprint density at radius 3 is 2.74 bits per heavy atom. The summed E-state index contributed by atoms with van der Waals surface area (Å²) in [5.41, 5.74) is -2.27. The average molecular weight is 487 g/mol. The van der Waals surface area contributed by atoms with Crippen molar-refractivity contribution in [1.29, 1.82) is 5.26 Å². The Morgan fingerprint density at radius 1 is 1.47 bits per heavy atom. The summed E-state index contributed by atoms with van der Waals surface area (Å²) in [5, 5.41) is 41.2. The number of hydrazine groups is 1. The van der Waals surface area contributed by atoms with Gasteiger partial charge in [-0.3, -0.25) is 14.9 Å². The lowest BCUT2D eigenvalue weighted by Crippen LogP contribution is -2.47. The van der Waals surface area contributed by atoms with Gasteiger partial charge in [0.05, 0.1) is 22.4 Å². The van der Waals surface area contributed by atoms with E-state index in [-0.39, 0.29) is 29.0 Å². The maximum absolute atomic E-state index is 12.1. The minimum Gasteiger partial charge on any atom is -0.481 e. The molecule has 2 heterocycles. The molecule has 14 nitrogen and oxygen atoms in total. The second kappa shape index (κ2) is 10.0. The monoisotopic (exact) mass is 487 g/mol. The molecule has 0 spiro atoms. The molecule has 2 unspecified atom stereocenters. The van der Waals surface area contributed by atoms with E-state index in [1.54, 1.807) is 12.3 Å². The van der Waals surface area contributed by atoms with E-state index in [9.17, 15) is 29.9 Å². The highest BCUT2D eigenvalue weighted by Gasteiger charge is 2.44. The molecule has 3 rings (SSSR count). The fraction of sp³-hybridized carbons (Fsp3) is 0.211. The molecule has 176 valence electrons. The third-order valence-electron chi connectivity index (χ3n) is 4.72. The number of aromatic carboxylic acids is 1. The van der Waals surface area contributed by atoms with Crippen molar-refractivity contribution in [2.24, 2.45) is 16.8 Å². The highest BCUT2D eigenvalue weighted by atomic mass is 32.2. The third kappa shape index (κ3) is 4.82. The van der Waals surface area contributed by atoms with Crippen LogP contribution in [0.25, 0.3) is 0 Å². The quantitative estimate of drug-likeness (QED) is 0.221. The van der Waals surface area contributed by atoms with Crippen LogP contribution in [0.2, 0.25) is 0 Å². The van der Waals surface area contributed by atoms with Crippen molar-refractivity contribution in [2.45, 2.75) is 11.9 Å². The molecule has 2 atom stereocenters. The number of nitrogens with one attached hydrogen (secondary N) is 1. The molecule has 0 saturated heterocycles. The van der Waals surface area contributed by atoms with Crippen molar-refractivity contribution < 1.29 is 29.5 Å². The Bertz CT molecular complexity index is 1240. The normalized spacial score (nSPS) is 16.4. The Labute approximate surface area is 195 Å². The molecule has 34 heavy (non-hydrogen) atoms. The van der Waals surface area contributed by atoms with Gasteiger partial charge in [0.25, 0.3) is 5.88 Å². The first-order chi connectivity index (χ1) is 16.2. The van der Waals surface area contributed by atoms with Gasteiger partial charge in [0.1, 0.15) is 23.4 Å². The van der Waals surface area contributed by atoms with Crippen molar-refractivity contribution >= 4 is 29.4 Å². The number of carboxylic acids is 2. The summed E-state index contributed by atoms with van der Waals surface area (Å²) >= 11 is 1.06. The molecule has 1 aliphatic heterocycles. The first-order valence-electron chi connectivity index (χ1n) is 9.36. The summed E-state index contributed by atoms with van der Waals surface area (Å²) in [4.78, 5) is 45.5. The van der Waals surface area contributed by atoms with Gasteiger partial charge in [0.2, 0.25) is 0 Å². The van der Waals surface area contributed by atoms with Crippen LogP contribution in [0.15, 0.2) is 47.3 Å². The van der Waals surface area contributed by atoms with Crippen LogP contribution < -0.4 is 10.6 Å². The summed E-state index contributed by atoms with van der Waals surface area (Å²) in [6, 6.07) is 5.15. The van der Waals surface area contributed by atoms with Gasteiger partial charge >= 0.3 is 17.6 Å². The minimum absolute atomic E-state index is 0.147. The number of aliphatic imine (C=N–C) groups is 1. The molecule has 0 fully saturated rings. The van der Waals surface area contributed by atoms with Crippen LogP contribution in [-0.4, -0.2) is 59.5 Å². The number of ether oxygens (including phenoxy) is 1. The first-order valence-corrected chi connectivity index (χ1v) is 10.7. The van der Waals surface area contributed by atoms with E-state index >= 15 is 0 Å². The Hall–Kier alpha value is -4.42. The lowest BCUT2D eigenvalue weighted by atomic mass is 9.95. The third-order valence-corrected chi connectivity index (χ3v) is 5.48. The number of allylic oxidation sites excluding steroid dienone is 1. The van der Waals surface area contributed by atoms with Crippen molar-refractivity contribution in [1.82, 2.24) is 15.0 Å². The van der Waals surface area contributed by atoms with Gasteiger partial charge in [-0.1, -0.05) is 0 Å². The average Bonchev–Trinajstić information content (AvgIpc) is 3.31. The number of carbonyl (C=O) groups is 2. The number of imidazole rings is 1. The summed E-state index contributed by atoms with van der Waals surface area (Å²) in [7, 11) is 0. The number of aromatic amines is 1. The maximum Gasteiger partial charge on any atom is 0.352 e. The second-order valence-electron chi connectivity index (χ2n) is 6.79. The summed E-state index contributed by atoms with van der Waals surface area (Å²) in [6.07, 6.45) is 4.16. The van der Waals surface area contributed by atoms with Crippen molar-refractivity contribution in [3.05, 3.63) is 69.2 Å². The van der Waals surface area contributed by atoms with E-state index in [2.05, 4.69) is 15.0 Å². The van der Waals surface area contributed by atoms with Gasteiger partial charge in [0, 0.05) is 18.3 Å². The number of aliphatic carboxylic acids is 1. The Morgan fingerprint density at radius 2 is 2.21 bits per heavy atom. The number of aromatic nitrogens is 2. The molecular formula is C19H17N7O7S. The predicted molar refractivity (Wildman–Crippen MR) is 117 cm³/mol. The highest BCUT2D eigenvalue weighted by molar-refractivity contribution is 7.99. The zero-order valence-corrected chi connectivity index (χ0v) is 18.2. The largest absolute Gasteiger partial charge is 0.481 e. The van der Waals surface area contributed by atoms with E-state index < -0.39 is 39.9 Å². The van der Waals surface area contributed by atoms with Gasteiger partial charge < -0.3 is 19.9 Å². The van der Waals surface area contributed by atoms with E-state index in [0.29, 0.717) is 5.69 Å². The standard InChI is InChI=1S/C19H17N7O7S/c1-34-19-24-14(13(18(29)30)4-10-7-22-8-23-10)15(26(31)32)16(25(19)21)33-11-3-2-9(6-20)12(5-11)17(27)28/h2-3,5,7-8,13,19H,4,21H2,1H3,(H,22,23)(H,27,28)(H,29,30). The molecule has 1 aromatic carbocycles. The molecule has 1 aliphatic rings. The van der Waals surface area contributed by atoms with Crippen LogP contribution in [0, 0.1) is 27.4 Å². The summed E-state index contributed by atoms with van der Waals surface area (Å²) < 4.78 is 5.62. The van der Waals surface area contributed by atoms with Crippen LogP contribution in [0.3, 0.4) is 0 Å². The molecular weight excluding hydrogens is 470 g/mol. The molecule has 0 bridgehead atoms. The maximum atomic E-state index is 12.1. The smallest absolute Gasteiger partial charge is 0.352 e. The fourth-order valence-corrected chi connectivity index (χ4v) is 3.70. The van der Waals surface area contributed by atoms with Gasteiger partial charge in [-0.2, -0.15) is 5.26 Å². The summed E-state index contributed by atoms with van der Waals surface area (Å²) in [6.45, 7) is 0. The molecule has 0 amide bonds. The summed E-state index contributed by atoms with van der Waals surface area (Å²) in [5.74, 6) is 1.10. The van der Waals surface area contributed by atoms with E-state index in [1.165, 1.54) is 24.7 Å². The topological polar surface area (TPSA) is 221 Å². The van der Waals surface area contributed by atoms with Crippen LogP contribution in [0.1, 0.15) is 21.6 Å². The number of nitriles is 1. The van der Waals surface area contributed by atoms with Crippen molar-refractivity contribution in [2.75, 3.05) is 6.26 Å². The highest BCUT2D eigenvalue weighted by Crippen LogP contribution is 2.31. The zero-order chi connectivity index (χ0) is 25.0. The van der Waals surface area contributed by atoms with Crippen molar-refractivity contribution in [3.8, 4) is 11.8 Å². The Balaban J connectivity index is 2.14. The molecule has 1 aromatic heterocycles. The number of hydrogen-bond acceptors (Lipinski definition) is 11. The fourth-order valence-electron chi connectivity index (χ4n) is 3.16. The van der Waals surface area contributed by atoms with Crippen molar-refractivity contribution in [3.63, 3.8) is 0 Å². The zero-order valence-electron chi connectivity index (χ0n) is 17.4. The van der Waals surface area contributed by atoms with E-state index in [4.69, 9.17) is 15.8 Å². The number of nitrogens with zero attached hydrogens (tertiary/aromatic N) is 5. The Kier molecular flexibility index (Phi) is 7.14. The number of nitro groups is 1. The number of nitrogens with two attached hydrogens (primary N) is 1. The molecule has 0 aliphatic carbocycles. The van der Waals surface area contributed by atoms with Gasteiger partial charge in [-0.05, 0) is 24.5 Å². The number of hydrogen-bond donors (Lipinski definition) is 4. The second-order valence-corrected chi connectivity index (χ2v) is 7.69. The SMILES string of the molecule is CSC1N=C(C(Cc2cnc[nH]2)C(=O)O)C([N+](=O)[O-])=C(Oc2ccc(C#N)c(C(=O)O)c2)N1N. The molecule has 0 radical (unpaired) electrons. The number of H-pyrrole nitrogens is 1. The minimum atomic E-state index is -1.45. The lowest BCUT2D eigenvalue weighted by Gasteiger charge is -2.31. The van der Waals surface area contributed by atoms with E-state index in [0.717, 1.165) is 22.8 Å². The number of rotatable bonds is 9. The lowest BCUT2D eigenvalue weighted by molar-refractivity contribution is -0.420.